The molecule has 0 radical (unpaired) electrons. The topological polar surface area (TPSA) is 88.0 Å². The summed E-state index contributed by atoms with van der Waals surface area (Å²) in [6, 6.07) is 14.3. The van der Waals surface area contributed by atoms with E-state index < -0.39 is 4.92 Å². The van der Waals surface area contributed by atoms with Crippen LogP contribution in [-0.4, -0.2) is 57.3 Å². The van der Waals surface area contributed by atoms with Gasteiger partial charge in [0, 0.05) is 51.0 Å². The molecule has 1 amide bonds. The molecule has 148 valence electrons. The number of anilines is 2. The summed E-state index contributed by atoms with van der Waals surface area (Å²) in [6.45, 7) is 3.48. The number of hydrogen-bond acceptors (Lipinski definition) is 6. The van der Waals surface area contributed by atoms with E-state index in [4.69, 9.17) is 4.74 Å². The number of non-ortho nitro benzene ring substituents is 1. The Morgan fingerprint density at radius 3 is 2.61 bits per heavy atom. The van der Waals surface area contributed by atoms with Crippen molar-refractivity contribution >= 4 is 23.0 Å². The summed E-state index contributed by atoms with van der Waals surface area (Å²) >= 11 is 0. The number of carbonyl (C=O) groups is 1. The van der Waals surface area contributed by atoms with Crippen LogP contribution in [0.3, 0.4) is 0 Å². The first-order valence-electron chi connectivity index (χ1n) is 9.22. The Bertz CT molecular complexity index is 822. The number of benzene rings is 2. The lowest BCUT2D eigenvalue weighted by Crippen LogP contribution is -2.38. The van der Waals surface area contributed by atoms with E-state index in [0.29, 0.717) is 50.6 Å². The molecule has 0 spiro atoms. The third-order valence-electron chi connectivity index (χ3n) is 4.72. The van der Waals surface area contributed by atoms with Crippen LogP contribution < -0.4 is 15.1 Å². The van der Waals surface area contributed by atoms with Gasteiger partial charge in [-0.2, -0.15) is 0 Å². The summed E-state index contributed by atoms with van der Waals surface area (Å²) in [6.07, 6.45) is 0. The lowest BCUT2D eigenvalue weighted by atomic mass is 10.1. The first kappa shape index (κ1) is 19.6. The largest absolute Gasteiger partial charge is 0.378 e. The summed E-state index contributed by atoms with van der Waals surface area (Å²) < 4.78 is 5.36. The zero-order valence-corrected chi connectivity index (χ0v) is 15.8. The predicted octanol–water partition coefficient (Wildman–Crippen LogP) is 2.30. The Labute approximate surface area is 163 Å². The maximum absolute atomic E-state index is 12.8. The van der Waals surface area contributed by atoms with Crippen LogP contribution in [0.15, 0.2) is 48.5 Å². The minimum absolute atomic E-state index is 0.0939. The van der Waals surface area contributed by atoms with Gasteiger partial charge in [-0.1, -0.05) is 18.2 Å². The Kier molecular flexibility index (Phi) is 6.44. The fraction of sp³-hybridized carbons (Fsp3) is 0.350. The van der Waals surface area contributed by atoms with Crippen LogP contribution >= 0.6 is 0 Å². The molecule has 2 aromatic rings. The molecule has 8 nitrogen and oxygen atoms in total. The molecule has 0 saturated carbocycles. The van der Waals surface area contributed by atoms with Gasteiger partial charge in [0.1, 0.15) is 0 Å². The van der Waals surface area contributed by atoms with Gasteiger partial charge in [0.05, 0.1) is 29.4 Å². The lowest BCUT2D eigenvalue weighted by Gasteiger charge is -2.30. The highest BCUT2D eigenvalue weighted by atomic mass is 16.6. The van der Waals surface area contributed by atoms with Crippen LogP contribution in [0.25, 0.3) is 0 Å². The highest BCUT2D eigenvalue weighted by molar-refractivity contribution is 6.00. The maximum Gasteiger partial charge on any atom is 0.270 e. The van der Waals surface area contributed by atoms with Gasteiger partial charge in [0.15, 0.2) is 0 Å². The number of morpholine rings is 1. The van der Waals surface area contributed by atoms with Gasteiger partial charge in [-0.3, -0.25) is 14.9 Å². The lowest BCUT2D eigenvalue weighted by molar-refractivity contribution is -0.384. The molecule has 0 bridgehead atoms. The van der Waals surface area contributed by atoms with Gasteiger partial charge in [0.2, 0.25) is 0 Å². The molecule has 0 aliphatic carbocycles. The van der Waals surface area contributed by atoms with E-state index in [1.807, 2.05) is 47.2 Å². The first-order chi connectivity index (χ1) is 13.6. The summed E-state index contributed by atoms with van der Waals surface area (Å²) in [5.74, 6) is -0.313. The third kappa shape index (κ3) is 4.77. The number of nitro benzene ring substituents is 1. The number of nitrogens with zero attached hydrogens (tertiary/aromatic N) is 3. The van der Waals surface area contributed by atoms with Crippen LogP contribution in [-0.2, 0) is 4.74 Å². The number of hydrogen-bond donors (Lipinski definition) is 1. The number of para-hydroxylation sites is 1. The van der Waals surface area contributed by atoms with Crippen LogP contribution in [0.1, 0.15) is 10.4 Å². The van der Waals surface area contributed by atoms with Gasteiger partial charge in [0.25, 0.3) is 11.6 Å². The van der Waals surface area contributed by atoms with E-state index in [-0.39, 0.29) is 11.6 Å². The van der Waals surface area contributed by atoms with Gasteiger partial charge in [-0.05, 0) is 18.2 Å². The van der Waals surface area contributed by atoms with Gasteiger partial charge >= 0.3 is 0 Å². The zero-order valence-electron chi connectivity index (χ0n) is 15.8. The smallest absolute Gasteiger partial charge is 0.270 e. The minimum atomic E-state index is -0.483. The molecular formula is C20H24N4O4. The van der Waals surface area contributed by atoms with Crippen molar-refractivity contribution in [3.05, 3.63) is 64.2 Å². The Morgan fingerprint density at radius 2 is 1.93 bits per heavy atom. The minimum Gasteiger partial charge on any atom is -0.378 e. The normalized spacial score (nSPS) is 13.8. The number of carbonyl (C=O) groups excluding carboxylic acids is 1. The maximum atomic E-state index is 12.8. The highest BCUT2D eigenvalue weighted by Gasteiger charge is 2.22. The molecule has 0 unspecified atom stereocenters. The average molecular weight is 384 g/mol. The van der Waals surface area contributed by atoms with Crippen molar-refractivity contribution < 1.29 is 14.5 Å². The molecule has 3 rings (SSSR count). The summed E-state index contributed by atoms with van der Waals surface area (Å²) in [5.41, 5.74) is 1.98. The van der Waals surface area contributed by atoms with Gasteiger partial charge < -0.3 is 19.9 Å². The molecule has 8 heteroatoms. The molecular weight excluding hydrogens is 360 g/mol. The Morgan fingerprint density at radius 1 is 1.21 bits per heavy atom. The van der Waals surface area contributed by atoms with E-state index in [1.165, 1.54) is 12.1 Å². The predicted molar refractivity (Wildman–Crippen MR) is 108 cm³/mol. The molecule has 1 heterocycles. The summed E-state index contributed by atoms with van der Waals surface area (Å²) in [5, 5.41) is 14.0. The molecule has 1 aliphatic heterocycles. The fourth-order valence-corrected chi connectivity index (χ4v) is 3.14. The number of nitro groups is 1. The summed E-state index contributed by atoms with van der Waals surface area (Å²) in [4.78, 5) is 27.5. The van der Waals surface area contributed by atoms with Crippen LogP contribution in [0.2, 0.25) is 0 Å². The van der Waals surface area contributed by atoms with Crippen LogP contribution in [0, 0.1) is 10.1 Å². The SMILES string of the molecule is CN(CCNC(=O)c1cc([N+](=O)[O-])ccc1N1CCOCC1)c1ccccc1. The second kappa shape index (κ2) is 9.18. The number of amides is 1. The van der Waals surface area contributed by atoms with E-state index in [1.54, 1.807) is 6.07 Å². The monoisotopic (exact) mass is 384 g/mol. The highest BCUT2D eigenvalue weighted by Crippen LogP contribution is 2.26. The van der Waals surface area contributed by atoms with Gasteiger partial charge in [-0.15, -0.1) is 0 Å². The number of nitrogens with one attached hydrogen (secondary N) is 1. The van der Waals surface area contributed by atoms with Crippen molar-refractivity contribution in [2.45, 2.75) is 0 Å². The second-order valence-electron chi connectivity index (χ2n) is 6.57. The molecule has 1 saturated heterocycles. The van der Waals surface area contributed by atoms with Crippen molar-refractivity contribution in [2.75, 3.05) is 56.2 Å². The fourth-order valence-electron chi connectivity index (χ4n) is 3.14. The van der Waals surface area contributed by atoms with Crippen LogP contribution in [0.4, 0.5) is 17.1 Å². The van der Waals surface area contributed by atoms with Crippen molar-refractivity contribution in [1.82, 2.24) is 5.32 Å². The van der Waals surface area contributed by atoms with E-state index >= 15 is 0 Å². The van der Waals surface area contributed by atoms with Crippen molar-refractivity contribution in [2.24, 2.45) is 0 Å². The standard InChI is InChI=1S/C20H24N4O4/c1-22(16-5-3-2-4-6-16)10-9-21-20(25)18-15-17(24(26)27)7-8-19(18)23-11-13-28-14-12-23/h2-8,15H,9-14H2,1H3,(H,21,25). The quantitative estimate of drug-likeness (QED) is 0.582. The van der Waals surface area contributed by atoms with E-state index in [9.17, 15) is 14.9 Å². The van der Waals surface area contributed by atoms with E-state index in [2.05, 4.69) is 5.32 Å². The van der Waals surface area contributed by atoms with Crippen LogP contribution in [0.5, 0.6) is 0 Å². The molecule has 1 fully saturated rings. The number of likely N-dealkylation sites (N-methyl/N-ethyl adjacent to an activating group) is 1. The molecule has 2 aromatic carbocycles. The van der Waals surface area contributed by atoms with Crippen molar-refractivity contribution in [3.8, 4) is 0 Å². The second-order valence-corrected chi connectivity index (χ2v) is 6.57. The molecule has 1 N–H and O–H groups in total. The van der Waals surface area contributed by atoms with Gasteiger partial charge in [-0.25, -0.2) is 0 Å². The van der Waals surface area contributed by atoms with Crippen molar-refractivity contribution in [3.63, 3.8) is 0 Å². The van der Waals surface area contributed by atoms with Crippen molar-refractivity contribution in [1.29, 1.82) is 0 Å². The molecule has 28 heavy (non-hydrogen) atoms. The Balaban J connectivity index is 1.70. The molecule has 0 aromatic heterocycles. The summed E-state index contributed by atoms with van der Waals surface area (Å²) in [7, 11) is 1.95. The average Bonchev–Trinajstić information content (AvgIpc) is 2.74. The number of rotatable bonds is 7. The van der Waals surface area contributed by atoms with E-state index in [0.717, 1.165) is 5.69 Å². The zero-order chi connectivity index (χ0) is 19.9. The molecule has 1 aliphatic rings. The molecule has 0 atom stereocenters. The first-order valence-corrected chi connectivity index (χ1v) is 9.22. The Hall–Kier alpha value is -3.13. The number of ether oxygens (including phenoxy) is 1. The third-order valence-corrected chi connectivity index (χ3v) is 4.72.